The lowest BCUT2D eigenvalue weighted by molar-refractivity contribution is -0.134. The highest BCUT2D eigenvalue weighted by atomic mass is 35.5. The second-order valence-corrected chi connectivity index (χ2v) is 7.67. The van der Waals surface area contributed by atoms with Crippen LogP contribution in [0.1, 0.15) is 18.9 Å². The minimum Gasteiger partial charge on any atom is -0.495 e. The van der Waals surface area contributed by atoms with Crippen LogP contribution in [0.5, 0.6) is 11.5 Å². The topological polar surface area (TPSA) is 97.0 Å². The summed E-state index contributed by atoms with van der Waals surface area (Å²) < 4.78 is 10.4. The molecule has 0 aromatic heterocycles. The molecule has 3 rings (SSSR count). The van der Waals surface area contributed by atoms with Crippen molar-refractivity contribution in [2.45, 2.75) is 18.9 Å². The fourth-order valence-electron chi connectivity index (χ4n) is 3.43. The number of halogens is 2. The number of methoxy groups -OCH3 is 2. The van der Waals surface area contributed by atoms with Crippen molar-refractivity contribution >= 4 is 46.7 Å². The molecule has 0 aliphatic carbocycles. The van der Waals surface area contributed by atoms with Gasteiger partial charge >= 0.3 is 6.03 Å². The molecule has 0 radical (unpaired) electrons. The molecule has 2 aromatic rings. The Labute approximate surface area is 189 Å². The normalized spacial score (nSPS) is 18.0. The molecule has 4 amide bonds. The number of anilines is 1. The van der Waals surface area contributed by atoms with Gasteiger partial charge in [0.15, 0.2) is 0 Å². The molecule has 10 heteroatoms. The van der Waals surface area contributed by atoms with E-state index in [1.165, 1.54) is 26.4 Å². The number of amides is 4. The molecule has 1 atom stereocenters. The third kappa shape index (κ3) is 4.26. The first kappa shape index (κ1) is 22.7. The first-order valence-electron chi connectivity index (χ1n) is 9.37. The molecule has 2 N–H and O–H groups in total. The highest BCUT2D eigenvalue weighted by Crippen LogP contribution is 2.36. The summed E-state index contributed by atoms with van der Waals surface area (Å²) in [5.41, 5.74) is -0.381. The Morgan fingerprint density at radius 2 is 1.74 bits per heavy atom. The second kappa shape index (κ2) is 9.03. The van der Waals surface area contributed by atoms with Gasteiger partial charge in [0.05, 0.1) is 24.9 Å². The van der Waals surface area contributed by atoms with Crippen LogP contribution < -0.4 is 20.1 Å². The Balaban J connectivity index is 1.81. The van der Waals surface area contributed by atoms with Gasteiger partial charge in [-0.25, -0.2) is 4.79 Å². The van der Waals surface area contributed by atoms with Crippen LogP contribution >= 0.6 is 23.2 Å². The molecule has 1 fully saturated rings. The highest BCUT2D eigenvalue weighted by molar-refractivity contribution is 6.32. The summed E-state index contributed by atoms with van der Waals surface area (Å²) >= 11 is 12.0. The molecule has 1 unspecified atom stereocenters. The average Bonchev–Trinajstić information content (AvgIpc) is 3.00. The van der Waals surface area contributed by atoms with Crippen molar-refractivity contribution in [2.24, 2.45) is 0 Å². The monoisotopic (exact) mass is 465 g/mol. The van der Waals surface area contributed by atoms with Crippen LogP contribution in [0, 0.1) is 0 Å². The molecule has 31 heavy (non-hydrogen) atoms. The SMILES string of the molecule is CCC1(c2ccc(Cl)cc2)NC(=O)N(CC(=O)Nc2cc(OC)c(Cl)cc2OC)C1=O. The Bertz CT molecular complexity index is 1030. The van der Waals surface area contributed by atoms with E-state index < -0.39 is 29.9 Å². The Morgan fingerprint density at radius 3 is 2.32 bits per heavy atom. The van der Waals surface area contributed by atoms with Crippen LogP contribution in [0.3, 0.4) is 0 Å². The Kier molecular flexibility index (Phi) is 6.62. The number of rotatable bonds is 7. The summed E-state index contributed by atoms with van der Waals surface area (Å²) in [6.45, 7) is 1.30. The smallest absolute Gasteiger partial charge is 0.325 e. The number of benzene rings is 2. The van der Waals surface area contributed by atoms with Crippen LogP contribution in [0.25, 0.3) is 0 Å². The van der Waals surface area contributed by atoms with E-state index >= 15 is 0 Å². The molecule has 0 spiro atoms. The molecule has 1 aliphatic rings. The number of hydrogen-bond donors (Lipinski definition) is 2. The quantitative estimate of drug-likeness (QED) is 0.605. The van der Waals surface area contributed by atoms with Gasteiger partial charge < -0.3 is 20.1 Å². The maximum Gasteiger partial charge on any atom is 0.325 e. The van der Waals surface area contributed by atoms with Gasteiger partial charge in [-0.1, -0.05) is 42.3 Å². The zero-order valence-corrected chi connectivity index (χ0v) is 18.6. The Hall–Kier alpha value is -2.97. The highest BCUT2D eigenvalue weighted by Gasteiger charge is 2.51. The van der Waals surface area contributed by atoms with Gasteiger partial charge in [-0.2, -0.15) is 0 Å². The summed E-state index contributed by atoms with van der Waals surface area (Å²) in [6.07, 6.45) is 0.305. The molecule has 8 nitrogen and oxygen atoms in total. The second-order valence-electron chi connectivity index (χ2n) is 6.82. The molecular weight excluding hydrogens is 445 g/mol. The summed E-state index contributed by atoms with van der Waals surface area (Å²) in [5, 5.41) is 6.17. The predicted molar refractivity (Wildman–Crippen MR) is 117 cm³/mol. The van der Waals surface area contributed by atoms with Crippen molar-refractivity contribution in [3.05, 3.63) is 52.0 Å². The van der Waals surface area contributed by atoms with E-state index in [0.29, 0.717) is 39.2 Å². The molecule has 1 heterocycles. The van der Waals surface area contributed by atoms with E-state index in [0.717, 1.165) is 4.90 Å². The summed E-state index contributed by atoms with van der Waals surface area (Å²) in [6, 6.07) is 8.97. The van der Waals surface area contributed by atoms with E-state index in [1.54, 1.807) is 31.2 Å². The van der Waals surface area contributed by atoms with Gasteiger partial charge in [0, 0.05) is 17.2 Å². The first-order valence-corrected chi connectivity index (χ1v) is 10.1. The number of hydrogen-bond acceptors (Lipinski definition) is 5. The van der Waals surface area contributed by atoms with Crippen molar-refractivity contribution in [3.8, 4) is 11.5 Å². The van der Waals surface area contributed by atoms with E-state index in [1.807, 2.05) is 0 Å². The van der Waals surface area contributed by atoms with Gasteiger partial charge in [0.1, 0.15) is 23.6 Å². The predicted octanol–water partition coefficient (Wildman–Crippen LogP) is 3.81. The zero-order chi connectivity index (χ0) is 22.8. The van der Waals surface area contributed by atoms with E-state index in [2.05, 4.69) is 10.6 Å². The third-order valence-corrected chi connectivity index (χ3v) is 5.64. The van der Waals surface area contributed by atoms with Crippen LogP contribution in [-0.2, 0) is 15.1 Å². The molecular formula is C21H21Cl2N3O5. The summed E-state index contributed by atoms with van der Waals surface area (Å²) in [4.78, 5) is 39.3. The maximum atomic E-state index is 13.2. The third-order valence-electron chi connectivity index (χ3n) is 5.09. The molecule has 1 saturated heterocycles. The summed E-state index contributed by atoms with van der Waals surface area (Å²) in [5.74, 6) is -0.465. The van der Waals surface area contributed by atoms with Crippen LogP contribution in [0.2, 0.25) is 10.0 Å². The number of carbonyl (C=O) groups is 3. The van der Waals surface area contributed by atoms with Crippen molar-refractivity contribution in [1.29, 1.82) is 0 Å². The molecule has 164 valence electrons. The van der Waals surface area contributed by atoms with Gasteiger partial charge in [0.25, 0.3) is 5.91 Å². The lowest BCUT2D eigenvalue weighted by Gasteiger charge is -2.25. The fraction of sp³-hybridized carbons (Fsp3) is 0.286. The number of nitrogens with zero attached hydrogens (tertiary/aromatic N) is 1. The standard InChI is InChI=1S/C21H21Cl2N3O5/c1-4-21(12-5-7-13(22)8-6-12)19(28)26(20(29)25-21)11-18(27)24-15-10-16(30-2)14(23)9-17(15)31-3/h5-10H,4,11H2,1-3H3,(H,24,27)(H,25,29). The Morgan fingerprint density at radius 1 is 1.10 bits per heavy atom. The molecule has 2 aromatic carbocycles. The van der Waals surface area contributed by atoms with Gasteiger partial charge in [0.2, 0.25) is 5.91 Å². The lowest BCUT2D eigenvalue weighted by Crippen LogP contribution is -2.44. The largest absolute Gasteiger partial charge is 0.495 e. The van der Waals surface area contributed by atoms with E-state index in [4.69, 9.17) is 32.7 Å². The van der Waals surface area contributed by atoms with E-state index in [-0.39, 0.29) is 0 Å². The van der Waals surface area contributed by atoms with Gasteiger partial charge in [-0.15, -0.1) is 0 Å². The number of urea groups is 1. The fourth-order valence-corrected chi connectivity index (χ4v) is 3.79. The molecule has 0 saturated carbocycles. The van der Waals surface area contributed by atoms with Gasteiger partial charge in [-0.05, 0) is 24.1 Å². The minimum absolute atomic E-state index is 0.292. The number of nitrogens with one attached hydrogen (secondary N) is 2. The van der Waals surface area contributed by atoms with Crippen molar-refractivity contribution in [2.75, 3.05) is 26.1 Å². The number of imide groups is 1. The first-order chi connectivity index (χ1) is 14.7. The summed E-state index contributed by atoms with van der Waals surface area (Å²) in [7, 11) is 2.86. The minimum atomic E-state index is -1.26. The van der Waals surface area contributed by atoms with Crippen molar-refractivity contribution in [1.82, 2.24) is 10.2 Å². The van der Waals surface area contributed by atoms with Crippen LogP contribution in [0.15, 0.2) is 36.4 Å². The van der Waals surface area contributed by atoms with Crippen LogP contribution in [0.4, 0.5) is 10.5 Å². The van der Waals surface area contributed by atoms with Crippen molar-refractivity contribution < 1.29 is 23.9 Å². The van der Waals surface area contributed by atoms with Crippen LogP contribution in [-0.4, -0.2) is 43.5 Å². The van der Waals surface area contributed by atoms with E-state index in [9.17, 15) is 14.4 Å². The average molecular weight is 466 g/mol. The number of carbonyl (C=O) groups excluding carboxylic acids is 3. The maximum absolute atomic E-state index is 13.2. The molecule has 1 aliphatic heterocycles. The van der Waals surface area contributed by atoms with Gasteiger partial charge in [-0.3, -0.25) is 14.5 Å². The number of ether oxygens (including phenoxy) is 2. The molecule has 0 bridgehead atoms. The lowest BCUT2D eigenvalue weighted by atomic mass is 9.87. The zero-order valence-electron chi connectivity index (χ0n) is 17.1. The van der Waals surface area contributed by atoms with Crippen molar-refractivity contribution in [3.63, 3.8) is 0 Å².